The predicted octanol–water partition coefficient (Wildman–Crippen LogP) is 1.31. The third-order valence-corrected chi connectivity index (χ3v) is 3.09. The molecule has 2 heteroatoms. The monoisotopic (exact) mass is 170 g/mol. The second kappa shape index (κ2) is 4.24. The number of hydrogen-bond donors (Lipinski definition) is 1. The molecular formula is C10H22N2. The minimum Gasteiger partial charge on any atom is -0.327 e. The summed E-state index contributed by atoms with van der Waals surface area (Å²) in [5.74, 6) is 1.47. The van der Waals surface area contributed by atoms with Crippen LogP contribution in [0.5, 0.6) is 0 Å². The SMILES string of the molecule is CC(C)C1CCN(C)CCC1N. The molecule has 0 aromatic rings. The molecule has 1 heterocycles. The van der Waals surface area contributed by atoms with Crippen molar-refractivity contribution in [2.24, 2.45) is 17.6 Å². The fourth-order valence-electron chi connectivity index (χ4n) is 2.11. The summed E-state index contributed by atoms with van der Waals surface area (Å²) in [5.41, 5.74) is 6.12. The highest BCUT2D eigenvalue weighted by Crippen LogP contribution is 2.23. The normalized spacial score (nSPS) is 33.8. The first-order valence-corrected chi connectivity index (χ1v) is 5.05. The number of nitrogens with two attached hydrogens (primary N) is 1. The van der Waals surface area contributed by atoms with Crippen molar-refractivity contribution in [1.82, 2.24) is 4.90 Å². The Morgan fingerprint density at radius 1 is 1.25 bits per heavy atom. The molecule has 1 aliphatic rings. The Labute approximate surface area is 76.1 Å². The van der Waals surface area contributed by atoms with E-state index in [0.717, 1.165) is 11.8 Å². The van der Waals surface area contributed by atoms with Gasteiger partial charge in [-0.1, -0.05) is 13.8 Å². The van der Waals surface area contributed by atoms with E-state index in [9.17, 15) is 0 Å². The molecule has 0 aromatic heterocycles. The van der Waals surface area contributed by atoms with Gasteiger partial charge < -0.3 is 10.6 Å². The van der Waals surface area contributed by atoms with Crippen molar-refractivity contribution in [3.63, 3.8) is 0 Å². The van der Waals surface area contributed by atoms with Crippen molar-refractivity contribution in [3.8, 4) is 0 Å². The van der Waals surface area contributed by atoms with Crippen molar-refractivity contribution >= 4 is 0 Å². The fourth-order valence-corrected chi connectivity index (χ4v) is 2.11. The molecular weight excluding hydrogens is 148 g/mol. The molecule has 2 nitrogen and oxygen atoms in total. The van der Waals surface area contributed by atoms with E-state index in [1.54, 1.807) is 0 Å². The van der Waals surface area contributed by atoms with Crippen LogP contribution >= 0.6 is 0 Å². The van der Waals surface area contributed by atoms with E-state index >= 15 is 0 Å². The van der Waals surface area contributed by atoms with Crippen molar-refractivity contribution in [3.05, 3.63) is 0 Å². The van der Waals surface area contributed by atoms with Gasteiger partial charge in [0.25, 0.3) is 0 Å². The molecule has 0 bridgehead atoms. The largest absolute Gasteiger partial charge is 0.327 e. The highest BCUT2D eigenvalue weighted by Gasteiger charge is 2.24. The highest BCUT2D eigenvalue weighted by molar-refractivity contribution is 4.80. The van der Waals surface area contributed by atoms with Crippen LogP contribution in [0.1, 0.15) is 26.7 Å². The molecule has 0 aliphatic carbocycles. The van der Waals surface area contributed by atoms with Crippen LogP contribution in [-0.2, 0) is 0 Å². The lowest BCUT2D eigenvalue weighted by Gasteiger charge is -2.24. The molecule has 1 fully saturated rings. The first-order valence-electron chi connectivity index (χ1n) is 5.05. The lowest BCUT2D eigenvalue weighted by Crippen LogP contribution is -2.33. The van der Waals surface area contributed by atoms with Crippen molar-refractivity contribution in [2.75, 3.05) is 20.1 Å². The van der Waals surface area contributed by atoms with E-state index in [1.165, 1.54) is 25.9 Å². The standard InChI is InChI=1S/C10H22N2/c1-8(2)9-4-6-12(3)7-5-10(9)11/h8-10H,4-7,11H2,1-3H3. The molecule has 12 heavy (non-hydrogen) atoms. The molecule has 1 aliphatic heterocycles. The van der Waals surface area contributed by atoms with E-state index in [-0.39, 0.29) is 0 Å². The summed E-state index contributed by atoms with van der Waals surface area (Å²) in [6.07, 6.45) is 2.44. The van der Waals surface area contributed by atoms with E-state index in [4.69, 9.17) is 5.73 Å². The van der Waals surface area contributed by atoms with Gasteiger partial charge in [0.05, 0.1) is 0 Å². The molecule has 1 saturated heterocycles. The molecule has 0 saturated carbocycles. The Balaban J connectivity index is 2.50. The van der Waals surface area contributed by atoms with Crippen molar-refractivity contribution in [2.45, 2.75) is 32.7 Å². The van der Waals surface area contributed by atoms with Crippen LogP contribution in [0.25, 0.3) is 0 Å². The Morgan fingerprint density at radius 2 is 1.83 bits per heavy atom. The maximum absolute atomic E-state index is 6.12. The highest BCUT2D eigenvalue weighted by atomic mass is 15.1. The smallest absolute Gasteiger partial charge is 0.00822 e. The van der Waals surface area contributed by atoms with E-state index in [2.05, 4.69) is 25.8 Å². The minimum absolute atomic E-state index is 0.426. The van der Waals surface area contributed by atoms with E-state index in [0.29, 0.717) is 6.04 Å². The molecule has 0 spiro atoms. The van der Waals surface area contributed by atoms with Crippen LogP contribution < -0.4 is 5.73 Å². The maximum atomic E-state index is 6.12. The maximum Gasteiger partial charge on any atom is 0.00822 e. The zero-order valence-corrected chi connectivity index (χ0v) is 8.59. The summed E-state index contributed by atoms with van der Waals surface area (Å²) in [4.78, 5) is 2.39. The molecule has 2 atom stereocenters. The molecule has 72 valence electrons. The average molecular weight is 170 g/mol. The van der Waals surface area contributed by atoms with Crippen LogP contribution in [0, 0.1) is 11.8 Å². The zero-order valence-electron chi connectivity index (χ0n) is 8.59. The van der Waals surface area contributed by atoms with Crippen LogP contribution in [0.4, 0.5) is 0 Å². The van der Waals surface area contributed by atoms with E-state index in [1.807, 2.05) is 0 Å². The lowest BCUT2D eigenvalue weighted by atomic mass is 9.85. The van der Waals surface area contributed by atoms with Gasteiger partial charge in [0, 0.05) is 6.04 Å². The summed E-state index contributed by atoms with van der Waals surface area (Å²) in [7, 11) is 2.19. The Hall–Kier alpha value is -0.0800. The average Bonchev–Trinajstić information content (AvgIpc) is 2.14. The second-order valence-electron chi connectivity index (χ2n) is 4.45. The van der Waals surface area contributed by atoms with Gasteiger partial charge in [-0.15, -0.1) is 0 Å². The molecule has 0 radical (unpaired) electrons. The van der Waals surface area contributed by atoms with Gasteiger partial charge in [0.2, 0.25) is 0 Å². The van der Waals surface area contributed by atoms with Crippen LogP contribution in [0.2, 0.25) is 0 Å². The number of nitrogens with zero attached hydrogens (tertiary/aromatic N) is 1. The lowest BCUT2D eigenvalue weighted by molar-refractivity contribution is 0.298. The molecule has 2 unspecified atom stereocenters. The van der Waals surface area contributed by atoms with Gasteiger partial charge in [-0.05, 0) is 44.8 Å². The first kappa shape index (κ1) is 10.0. The van der Waals surface area contributed by atoms with Crippen molar-refractivity contribution < 1.29 is 0 Å². The molecule has 1 rings (SSSR count). The quantitative estimate of drug-likeness (QED) is 0.643. The number of hydrogen-bond acceptors (Lipinski definition) is 2. The van der Waals surface area contributed by atoms with Gasteiger partial charge in [-0.3, -0.25) is 0 Å². The Bertz CT molecular complexity index is 134. The number of rotatable bonds is 1. The third kappa shape index (κ3) is 2.46. The molecule has 2 N–H and O–H groups in total. The topological polar surface area (TPSA) is 29.3 Å². The summed E-state index contributed by atoms with van der Waals surface area (Å²) in [6, 6.07) is 0.426. The van der Waals surface area contributed by atoms with Crippen LogP contribution in [0.3, 0.4) is 0 Å². The van der Waals surface area contributed by atoms with Crippen LogP contribution in [-0.4, -0.2) is 31.1 Å². The summed E-state index contributed by atoms with van der Waals surface area (Å²) in [6.45, 7) is 6.96. The van der Waals surface area contributed by atoms with Gasteiger partial charge >= 0.3 is 0 Å². The minimum atomic E-state index is 0.426. The molecule has 0 amide bonds. The van der Waals surface area contributed by atoms with Crippen molar-refractivity contribution in [1.29, 1.82) is 0 Å². The predicted molar refractivity (Wildman–Crippen MR) is 53.0 cm³/mol. The fraction of sp³-hybridized carbons (Fsp3) is 1.00. The van der Waals surface area contributed by atoms with Gasteiger partial charge in [-0.25, -0.2) is 0 Å². The zero-order chi connectivity index (χ0) is 9.14. The third-order valence-electron chi connectivity index (χ3n) is 3.09. The first-order chi connectivity index (χ1) is 5.61. The second-order valence-corrected chi connectivity index (χ2v) is 4.45. The van der Waals surface area contributed by atoms with Gasteiger partial charge in [0.15, 0.2) is 0 Å². The summed E-state index contributed by atoms with van der Waals surface area (Å²) in [5, 5.41) is 0. The summed E-state index contributed by atoms with van der Waals surface area (Å²) < 4.78 is 0. The Morgan fingerprint density at radius 3 is 2.42 bits per heavy atom. The molecule has 0 aromatic carbocycles. The van der Waals surface area contributed by atoms with Gasteiger partial charge in [0.1, 0.15) is 0 Å². The van der Waals surface area contributed by atoms with Gasteiger partial charge in [-0.2, -0.15) is 0 Å². The number of likely N-dealkylation sites (tertiary alicyclic amines) is 1. The Kier molecular flexibility index (Phi) is 3.53. The van der Waals surface area contributed by atoms with E-state index < -0.39 is 0 Å². The summed E-state index contributed by atoms with van der Waals surface area (Å²) >= 11 is 0. The van der Waals surface area contributed by atoms with Crippen LogP contribution in [0.15, 0.2) is 0 Å².